The van der Waals surface area contributed by atoms with Gasteiger partial charge in [-0.2, -0.15) is 0 Å². The summed E-state index contributed by atoms with van der Waals surface area (Å²) < 4.78 is 0. The van der Waals surface area contributed by atoms with Crippen molar-refractivity contribution < 1.29 is 19.8 Å². The number of nitrogens with zero attached hydrogens (tertiary/aromatic N) is 1. The van der Waals surface area contributed by atoms with E-state index in [4.69, 9.17) is 15.0 Å². The molecule has 0 aliphatic carbocycles. The Morgan fingerprint density at radius 2 is 1.43 bits per heavy atom. The molecule has 0 bridgehead atoms. The lowest BCUT2D eigenvalue weighted by Gasteiger charge is -2.25. The summed E-state index contributed by atoms with van der Waals surface area (Å²) in [5.74, 6) is 0. The van der Waals surface area contributed by atoms with E-state index in [0.29, 0.717) is 0 Å². The molecule has 0 spiro atoms. The molecular weight excluding hydrogens is 228 g/mol. The number of nitrogens with two attached hydrogens (primary N) is 1. The summed E-state index contributed by atoms with van der Waals surface area (Å²) in [6.07, 6.45) is -2.02. The minimum absolute atomic E-state index is 0.639. The number of hydrogen-bond donors (Lipinski definition) is 5. The molecule has 6 nitrogen and oxygen atoms in total. The van der Waals surface area contributed by atoms with Gasteiger partial charge in [0.2, 0.25) is 0 Å². The van der Waals surface area contributed by atoms with Gasteiger partial charge in [0.1, 0.15) is 12.5 Å². The molecule has 0 aromatic rings. The quantitative estimate of drug-likeness (QED) is 0.347. The van der Waals surface area contributed by atoms with Crippen molar-refractivity contribution in [1.29, 1.82) is 0 Å². The van der Waals surface area contributed by atoms with Crippen molar-refractivity contribution in [3.05, 3.63) is 0 Å². The van der Waals surface area contributed by atoms with Gasteiger partial charge in [0.25, 0.3) is 10.5 Å². The second-order valence-corrected chi connectivity index (χ2v) is 3.12. The average molecular weight is 242 g/mol. The molecule has 0 aliphatic rings. The summed E-state index contributed by atoms with van der Waals surface area (Å²) in [7, 11) is 0. The van der Waals surface area contributed by atoms with Crippen molar-refractivity contribution in [3.8, 4) is 0 Å². The monoisotopic (exact) mass is 242 g/mol. The van der Waals surface area contributed by atoms with Gasteiger partial charge >= 0.3 is 0 Å². The van der Waals surface area contributed by atoms with Gasteiger partial charge in [-0.15, -0.1) is 0 Å². The Morgan fingerprint density at radius 3 is 1.43 bits per heavy atom. The normalized spacial score (nSPS) is 13.3. The molecule has 0 fully saturated rings. The molecule has 0 saturated heterocycles. The number of hydrogen-bond acceptors (Lipinski definition) is 4. The van der Waals surface area contributed by atoms with E-state index in [0.717, 1.165) is 4.90 Å². The highest BCUT2D eigenvalue weighted by Crippen LogP contribution is 2.04. The van der Waals surface area contributed by atoms with Crippen LogP contribution in [-0.2, 0) is 0 Å². The Balaban J connectivity index is 0. The number of carbonyl (C=O) groups is 2. The van der Waals surface area contributed by atoms with Crippen molar-refractivity contribution in [1.82, 2.24) is 4.90 Å². The number of thiol groups is 2. The van der Waals surface area contributed by atoms with E-state index in [1.165, 1.54) is 13.8 Å². The number of aliphatic hydroxyl groups excluding tert-OH is 2. The molecule has 0 aliphatic heterocycles. The maximum Gasteiger partial charge on any atom is 0.282 e. The number of aliphatic hydroxyl groups is 2. The van der Waals surface area contributed by atoms with Crippen LogP contribution in [0.25, 0.3) is 0 Å². The standard InChI is InChI=1S/C5H11NO3S.CH3NOS/c1-3(7)6(4(2)8)5(9)10;2-1(3)4/h3-4,7-8H,1-2H3,(H,9,10);(H3,2,3,4). The molecular formula is C6H14N2O4S2. The minimum Gasteiger partial charge on any atom is -0.374 e. The molecule has 2 atom stereocenters. The van der Waals surface area contributed by atoms with Crippen LogP contribution in [0.3, 0.4) is 0 Å². The van der Waals surface area contributed by atoms with Gasteiger partial charge in [-0.25, -0.2) is 0 Å². The Bertz CT molecular complexity index is 186. The van der Waals surface area contributed by atoms with Gasteiger partial charge in [-0.1, -0.05) is 25.3 Å². The SMILES string of the molecule is CC(O)N(C(=O)S)C(C)O.NC(=O)S. The largest absolute Gasteiger partial charge is 0.374 e. The second kappa shape index (κ2) is 7.92. The van der Waals surface area contributed by atoms with E-state index in [1.54, 1.807) is 0 Å². The predicted octanol–water partition coefficient (Wildman–Crippen LogP) is 0.00970. The first-order valence-electron chi connectivity index (χ1n) is 3.56. The molecule has 2 unspecified atom stereocenters. The summed E-state index contributed by atoms with van der Waals surface area (Å²) in [6, 6.07) is 0. The Labute approximate surface area is 92.9 Å². The molecule has 0 saturated carbocycles. The van der Waals surface area contributed by atoms with E-state index in [1.807, 2.05) is 0 Å². The summed E-state index contributed by atoms with van der Waals surface area (Å²) in [5.41, 5.74) is 4.34. The third kappa shape index (κ3) is 9.65. The Morgan fingerprint density at radius 1 is 1.21 bits per heavy atom. The summed E-state index contributed by atoms with van der Waals surface area (Å²) >= 11 is 6.54. The van der Waals surface area contributed by atoms with E-state index in [9.17, 15) is 4.79 Å². The van der Waals surface area contributed by atoms with Gasteiger partial charge in [0, 0.05) is 0 Å². The number of rotatable bonds is 2. The lowest BCUT2D eigenvalue weighted by molar-refractivity contribution is -0.0441. The Kier molecular flexibility index (Phi) is 9.05. The fraction of sp³-hybridized carbons (Fsp3) is 0.667. The van der Waals surface area contributed by atoms with Gasteiger partial charge < -0.3 is 15.9 Å². The van der Waals surface area contributed by atoms with Gasteiger partial charge in [-0.05, 0) is 13.8 Å². The molecule has 0 aromatic carbocycles. The van der Waals surface area contributed by atoms with Crippen molar-refractivity contribution in [2.24, 2.45) is 5.73 Å². The topological polar surface area (TPSA) is 104 Å². The molecule has 0 radical (unpaired) electrons. The van der Waals surface area contributed by atoms with Gasteiger partial charge in [-0.3, -0.25) is 14.5 Å². The van der Waals surface area contributed by atoms with Gasteiger partial charge in [0.15, 0.2) is 0 Å². The zero-order valence-corrected chi connectivity index (χ0v) is 9.57. The fourth-order valence-corrected chi connectivity index (χ4v) is 0.966. The van der Waals surface area contributed by atoms with Crippen molar-refractivity contribution in [2.75, 3.05) is 0 Å². The van der Waals surface area contributed by atoms with Gasteiger partial charge in [0.05, 0.1) is 0 Å². The number of amides is 2. The lowest BCUT2D eigenvalue weighted by Crippen LogP contribution is -2.41. The minimum atomic E-state index is -1.01. The van der Waals surface area contributed by atoms with Crippen LogP contribution in [-0.4, -0.2) is 38.0 Å². The van der Waals surface area contributed by atoms with Crippen LogP contribution in [0.5, 0.6) is 0 Å². The molecule has 0 rings (SSSR count). The first-order valence-corrected chi connectivity index (χ1v) is 4.45. The molecule has 4 N–H and O–H groups in total. The molecule has 0 heterocycles. The molecule has 0 aromatic heterocycles. The zero-order valence-electron chi connectivity index (χ0n) is 7.78. The second-order valence-electron chi connectivity index (χ2n) is 2.29. The highest BCUT2D eigenvalue weighted by atomic mass is 32.1. The van der Waals surface area contributed by atoms with Crippen LogP contribution in [0.4, 0.5) is 9.59 Å². The summed E-state index contributed by atoms with van der Waals surface area (Å²) in [5, 5.41) is 16.4. The highest BCUT2D eigenvalue weighted by molar-refractivity contribution is 7.96. The fourth-order valence-electron chi connectivity index (χ4n) is 0.632. The maximum absolute atomic E-state index is 10.5. The van der Waals surface area contributed by atoms with Crippen LogP contribution in [0, 0.1) is 0 Å². The third-order valence-electron chi connectivity index (χ3n) is 1.03. The number of carbonyl (C=O) groups excluding carboxylic acids is 2. The van der Waals surface area contributed by atoms with E-state index in [-0.39, 0.29) is 0 Å². The maximum atomic E-state index is 10.5. The van der Waals surface area contributed by atoms with Crippen molar-refractivity contribution >= 4 is 35.7 Å². The van der Waals surface area contributed by atoms with E-state index >= 15 is 0 Å². The molecule has 8 heteroatoms. The Hall–Kier alpha value is -0.440. The van der Waals surface area contributed by atoms with Crippen LogP contribution in [0.15, 0.2) is 0 Å². The van der Waals surface area contributed by atoms with E-state index < -0.39 is 22.9 Å². The molecule has 14 heavy (non-hydrogen) atoms. The number of primary amides is 1. The third-order valence-corrected chi connectivity index (χ3v) is 1.26. The average Bonchev–Trinajstić information content (AvgIpc) is 1.80. The molecule has 84 valence electrons. The van der Waals surface area contributed by atoms with Crippen molar-refractivity contribution in [3.63, 3.8) is 0 Å². The van der Waals surface area contributed by atoms with Crippen LogP contribution in [0.1, 0.15) is 13.8 Å². The smallest absolute Gasteiger partial charge is 0.282 e. The van der Waals surface area contributed by atoms with Crippen LogP contribution < -0.4 is 5.73 Å². The summed E-state index contributed by atoms with van der Waals surface area (Å²) in [4.78, 5) is 20.4. The summed E-state index contributed by atoms with van der Waals surface area (Å²) in [6.45, 7) is 2.75. The highest BCUT2D eigenvalue weighted by Gasteiger charge is 2.18. The van der Waals surface area contributed by atoms with E-state index in [2.05, 4.69) is 31.0 Å². The first kappa shape index (κ1) is 16.0. The molecule has 2 amide bonds. The predicted molar refractivity (Wildman–Crippen MR) is 58.2 cm³/mol. The zero-order chi connectivity index (χ0) is 11.9. The first-order chi connectivity index (χ1) is 6.20. The lowest BCUT2D eigenvalue weighted by atomic mass is 10.5. The van der Waals surface area contributed by atoms with Crippen molar-refractivity contribution in [2.45, 2.75) is 26.3 Å². The van der Waals surface area contributed by atoms with Crippen LogP contribution in [0.2, 0.25) is 0 Å². The van der Waals surface area contributed by atoms with Crippen LogP contribution >= 0.6 is 25.3 Å².